The summed E-state index contributed by atoms with van der Waals surface area (Å²) in [6.45, 7) is 6.81. The van der Waals surface area contributed by atoms with Crippen LogP contribution < -0.4 is 10.0 Å². The van der Waals surface area contributed by atoms with Gasteiger partial charge < -0.3 is 5.32 Å². The predicted molar refractivity (Wildman–Crippen MR) is 76.1 cm³/mol. The van der Waals surface area contributed by atoms with Crippen molar-refractivity contribution in [1.29, 1.82) is 0 Å². The molecule has 0 heterocycles. The van der Waals surface area contributed by atoms with Gasteiger partial charge in [-0.15, -0.1) is 0 Å². The number of unbranched alkanes of at least 4 members (excludes halogenated alkanes) is 1. The minimum Gasteiger partial charge on any atom is -0.317 e. The van der Waals surface area contributed by atoms with E-state index in [-0.39, 0.29) is 5.75 Å². The molecule has 1 atom stereocenters. The molecule has 18 heavy (non-hydrogen) atoms. The van der Waals surface area contributed by atoms with Gasteiger partial charge in [-0.2, -0.15) is 0 Å². The van der Waals surface area contributed by atoms with Crippen molar-refractivity contribution >= 4 is 10.0 Å². The summed E-state index contributed by atoms with van der Waals surface area (Å²) < 4.78 is 26.2. The van der Waals surface area contributed by atoms with Gasteiger partial charge >= 0.3 is 0 Å². The summed E-state index contributed by atoms with van der Waals surface area (Å²) in [6, 6.07) is 0. The SMILES string of the molecule is CCCNCCCCS(=O)(=O)NCC(C)C1CC1. The fourth-order valence-electron chi connectivity index (χ4n) is 2.01. The van der Waals surface area contributed by atoms with Crippen LogP contribution in [0.15, 0.2) is 0 Å². The summed E-state index contributed by atoms with van der Waals surface area (Å²) in [7, 11) is -3.05. The highest BCUT2D eigenvalue weighted by molar-refractivity contribution is 7.89. The highest BCUT2D eigenvalue weighted by Gasteiger charge is 2.28. The average molecular weight is 276 g/mol. The predicted octanol–water partition coefficient (Wildman–Crippen LogP) is 1.73. The minimum absolute atomic E-state index is 0.262. The van der Waals surface area contributed by atoms with Gasteiger partial charge in [-0.3, -0.25) is 0 Å². The lowest BCUT2D eigenvalue weighted by atomic mass is 10.1. The summed E-state index contributed by atoms with van der Waals surface area (Å²) in [5.74, 6) is 1.51. The summed E-state index contributed by atoms with van der Waals surface area (Å²) in [5, 5.41) is 3.28. The fraction of sp³-hybridized carbons (Fsp3) is 1.00. The van der Waals surface area contributed by atoms with Crippen molar-refractivity contribution in [1.82, 2.24) is 10.0 Å². The molecule has 0 amide bonds. The van der Waals surface area contributed by atoms with Gasteiger partial charge in [0.05, 0.1) is 5.75 Å². The van der Waals surface area contributed by atoms with Crippen molar-refractivity contribution in [2.45, 2.75) is 46.0 Å². The first kappa shape index (κ1) is 15.9. The summed E-state index contributed by atoms with van der Waals surface area (Å²) in [6.07, 6.45) is 5.33. The van der Waals surface area contributed by atoms with Crippen LogP contribution in [-0.2, 0) is 10.0 Å². The van der Waals surface area contributed by atoms with E-state index in [1.807, 2.05) is 0 Å². The molecular weight excluding hydrogens is 248 g/mol. The Morgan fingerprint density at radius 2 is 1.94 bits per heavy atom. The van der Waals surface area contributed by atoms with E-state index < -0.39 is 10.0 Å². The molecule has 0 aromatic carbocycles. The van der Waals surface area contributed by atoms with E-state index in [1.165, 1.54) is 12.8 Å². The van der Waals surface area contributed by atoms with Gasteiger partial charge in [-0.25, -0.2) is 13.1 Å². The molecule has 108 valence electrons. The molecule has 1 aliphatic rings. The smallest absolute Gasteiger partial charge is 0.211 e. The lowest BCUT2D eigenvalue weighted by Crippen LogP contribution is -2.31. The largest absolute Gasteiger partial charge is 0.317 e. The van der Waals surface area contributed by atoms with E-state index in [0.717, 1.165) is 38.3 Å². The Hall–Kier alpha value is -0.130. The first-order chi connectivity index (χ1) is 8.55. The monoisotopic (exact) mass is 276 g/mol. The number of sulfonamides is 1. The van der Waals surface area contributed by atoms with E-state index >= 15 is 0 Å². The van der Waals surface area contributed by atoms with E-state index in [4.69, 9.17) is 0 Å². The molecule has 1 fully saturated rings. The van der Waals surface area contributed by atoms with Crippen LogP contribution in [0.3, 0.4) is 0 Å². The second-order valence-electron chi connectivity index (χ2n) is 5.44. The number of rotatable bonds is 11. The molecule has 0 radical (unpaired) electrons. The van der Waals surface area contributed by atoms with Crippen molar-refractivity contribution in [3.05, 3.63) is 0 Å². The number of hydrogen-bond donors (Lipinski definition) is 2. The molecule has 1 saturated carbocycles. The first-order valence-corrected chi connectivity index (χ1v) is 8.88. The second kappa shape index (κ2) is 8.12. The fourth-order valence-corrected chi connectivity index (χ4v) is 3.25. The van der Waals surface area contributed by atoms with Crippen molar-refractivity contribution < 1.29 is 8.42 Å². The van der Waals surface area contributed by atoms with Crippen LogP contribution in [0.25, 0.3) is 0 Å². The molecule has 1 aliphatic carbocycles. The minimum atomic E-state index is -3.05. The molecule has 0 aromatic heterocycles. The molecule has 0 aromatic rings. The lowest BCUT2D eigenvalue weighted by Gasteiger charge is -2.11. The van der Waals surface area contributed by atoms with Gasteiger partial charge in [-0.1, -0.05) is 13.8 Å². The number of nitrogens with one attached hydrogen (secondary N) is 2. The lowest BCUT2D eigenvalue weighted by molar-refractivity contribution is 0.491. The molecule has 0 aliphatic heterocycles. The third kappa shape index (κ3) is 7.34. The maximum absolute atomic E-state index is 11.7. The van der Waals surface area contributed by atoms with Crippen LogP contribution in [0, 0.1) is 11.8 Å². The van der Waals surface area contributed by atoms with Crippen molar-refractivity contribution in [2.24, 2.45) is 11.8 Å². The molecule has 1 rings (SSSR count). The van der Waals surface area contributed by atoms with Crippen LogP contribution in [-0.4, -0.2) is 33.8 Å². The summed E-state index contributed by atoms with van der Waals surface area (Å²) in [4.78, 5) is 0. The Labute approximate surface area is 112 Å². The van der Waals surface area contributed by atoms with E-state index in [1.54, 1.807) is 0 Å². The Kier molecular flexibility index (Phi) is 7.19. The number of hydrogen-bond acceptors (Lipinski definition) is 3. The van der Waals surface area contributed by atoms with Crippen LogP contribution in [0.1, 0.15) is 46.0 Å². The molecule has 0 saturated heterocycles. The first-order valence-electron chi connectivity index (χ1n) is 7.23. The van der Waals surface area contributed by atoms with Gasteiger partial charge in [-0.05, 0) is 57.0 Å². The molecule has 0 bridgehead atoms. The van der Waals surface area contributed by atoms with Gasteiger partial charge in [0.2, 0.25) is 10.0 Å². The quantitative estimate of drug-likeness (QED) is 0.565. The third-order valence-corrected chi connectivity index (χ3v) is 4.93. The van der Waals surface area contributed by atoms with Gasteiger partial charge in [0.25, 0.3) is 0 Å². The Morgan fingerprint density at radius 3 is 2.56 bits per heavy atom. The van der Waals surface area contributed by atoms with E-state index in [0.29, 0.717) is 12.5 Å². The van der Waals surface area contributed by atoms with E-state index in [9.17, 15) is 8.42 Å². The van der Waals surface area contributed by atoms with Crippen LogP contribution in [0.5, 0.6) is 0 Å². The zero-order valence-electron chi connectivity index (χ0n) is 11.7. The topological polar surface area (TPSA) is 58.2 Å². The summed E-state index contributed by atoms with van der Waals surface area (Å²) >= 11 is 0. The second-order valence-corrected chi connectivity index (χ2v) is 7.37. The molecule has 5 heteroatoms. The molecule has 1 unspecified atom stereocenters. The highest BCUT2D eigenvalue weighted by atomic mass is 32.2. The van der Waals surface area contributed by atoms with Gasteiger partial charge in [0.1, 0.15) is 0 Å². The zero-order valence-corrected chi connectivity index (χ0v) is 12.6. The van der Waals surface area contributed by atoms with Crippen LogP contribution in [0.2, 0.25) is 0 Å². The Morgan fingerprint density at radius 1 is 1.22 bits per heavy atom. The zero-order chi connectivity index (χ0) is 13.4. The summed E-state index contributed by atoms with van der Waals surface area (Å²) in [5.41, 5.74) is 0. The molecular formula is C13H28N2O2S. The van der Waals surface area contributed by atoms with Crippen LogP contribution in [0.4, 0.5) is 0 Å². The van der Waals surface area contributed by atoms with Crippen LogP contribution >= 0.6 is 0 Å². The third-order valence-electron chi connectivity index (χ3n) is 3.50. The average Bonchev–Trinajstić information content (AvgIpc) is 3.15. The van der Waals surface area contributed by atoms with Gasteiger partial charge in [0.15, 0.2) is 0 Å². The molecule has 4 nitrogen and oxygen atoms in total. The maximum Gasteiger partial charge on any atom is 0.211 e. The van der Waals surface area contributed by atoms with Crippen molar-refractivity contribution in [3.8, 4) is 0 Å². The standard InChI is InChI=1S/C13H28N2O2S/c1-3-8-14-9-4-5-10-18(16,17)15-11-12(2)13-6-7-13/h12-15H,3-11H2,1-2H3. The van der Waals surface area contributed by atoms with Crippen molar-refractivity contribution in [3.63, 3.8) is 0 Å². The highest BCUT2D eigenvalue weighted by Crippen LogP contribution is 2.36. The molecule has 2 N–H and O–H groups in total. The van der Waals surface area contributed by atoms with Crippen molar-refractivity contribution in [2.75, 3.05) is 25.4 Å². The van der Waals surface area contributed by atoms with E-state index in [2.05, 4.69) is 23.9 Å². The Bertz CT molecular complexity index is 313. The normalized spacial score (nSPS) is 17.9. The van der Waals surface area contributed by atoms with Gasteiger partial charge in [0, 0.05) is 6.54 Å². The maximum atomic E-state index is 11.7. The molecule has 0 spiro atoms. The Balaban J connectivity index is 2.03.